The molecule has 0 radical (unpaired) electrons. The number of carbonyl (C=O) groups is 2. The molecule has 3 aliphatic rings. The van der Waals surface area contributed by atoms with E-state index >= 15 is 0 Å². The van der Waals surface area contributed by atoms with Crippen LogP contribution in [0.5, 0.6) is 0 Å². The summed E-state index contributed by atoms with van der Waals surface area (Å²) in [7, 11) is 0. The molecule has 1 atom stereocenters. The number of furan rings is 1. The van der Waals surface area contributed by atoms with Crippen LogP contribution < -0.4 is 16.0 Å². The lowest BCUT2D eigenvalue weighted by Crippen LogP contribution is -2.36. The number of benzene rings is 1. The average molecular weight is 393 g/mol. The van der Waals surface area contributed by atoms with Crippen LogP contribution in [0.15, 0.2) is 46.2 Å². The molecule has 2 saturated carbocycles. The van der Waals surface area contributed by atoms with E-state index in [0.717, 1.165) is 47.9 Å². The minimum Gasteiger partial charge on any atom is -0.464 e. The summed E-state index contributed by atoms with van der Waals surface area (Å²) in [6, 6.07) is 7.65. The topological polar surface area (TPSA) is 83.4 Å². The van der Waals surface area contributed by atoms with E-state index in [1.807, 2.05) is 24.3 Å². The summed E-state index contributed by atoms with van der Waals surface area (Å²) in [4.78, 5) is 25.6. The standard InChI is InChI=1S/C23H27N3O3/c27-22(15-9-10-15)26-20(17-8-4-5-14-11-12-29-21(14)17)19-18(13-24-23(19)28)25-16-6-2-1-3-7-16/h4-5,8,11-12,15-16,20,25H,1-3,6-7,9-10,13H2,(H,24,28)(H,26,27). The van der Waals surface area contributed by atoms with Crippen molar-refractivity contribution in [3.05, 3.63) is 47.4 Å². The third kappa shape index (κ3) is 3.63. The Kier molecular flexibility index (Phi) is 4.78. The van der Waals surface area contributed by atoms with E-state index in [9.17, 15) is 9.59 Å². The third-order valence-electron chi connectivity index (χ3n) is 6.32. The Morgan fingerprint density at radius 2 is 1.93 bits per heavy atom. The molecule has 1 aromatic carbocycles. The second-order valence-electron chi connectivity index (χ2n) is 8.46. The molecule has 6 heteroatoms. The maximum Gasteiger partial charge on any atom is 0.251 e. The van der Waals surface area contributed by atoms with Crippen LogP contribution in [0.1, 0.15) is 56.6 Å². The van der Waals surface area contributed by atoms with Crippen molar-refractivity contribution in [3.63, 3.8) is 0 Å². The Labute approximate surface area is 170 Å². The highest BCUT2D eigenvalue weighted by molar-refractivity contribution is 6.00. The van der Waals surface area contributed by atoms with E-state index < -0.39 is 6.04 Å². The number of carbonyl (C=O) groups excluding carboxylic acids is 2. The van der Waals surface area contributed by atoms with Gasteiger partial charge in [0.25, 0.3) is 5.91 Å². The molecule has 6 nitrogen and oxygen atoms in total. The first-order chi connectivity index (χ1) is 14.2. The van der Waals surface area contributed by atoms with Crippen LogP contribution in [0.3, 0.4) is 0 Å². The summed E-state index contributed by atoms with van der Waals surface area (Å²) < 4.78 is 5.74. The van der Waals surface area contributed by atoms with Gasteiger partial charge in [0, 0.05) is 28.6 Å². The molecule has 0 bridgehead atoms. The number of fused-ring (bicyclic) bond motifs is 1. The molecule has 2 aromatic rings. The van der Waals surface area contributed by atoms with Crippen LogP contribution >= 0.6 is 0 Å². The molecule has 29 heavy (non-hydrogen) atoms. The van der Waals surface area contributed by atoms with Gasteiger partial charge >= 0.3 is 0 Å². The van der Waals surface area contributed by atoms with Crippen molar-refractivity contribution in [2.75, 3.05) is 6.54 Å². The summed E-state index contributed by atoms with van der Waals surface area (Å²) in [6.45, 7) is 0.481. The highest BCUT2D eigenvalue weighted by Gasteiger charge is 2.37. The SMILES string of the molecule is O=C1NCC(NC2CCCCC2)=C1C(NC(=O)C1CC1)c1cccc2ccoc12. The quantitative estimate of drug-likeness (QED) is 0.703. The molecule has 1 unspecified atom stereocenters. The average Bonchev–Trinajstić information content (AvgIpc) is 3.38. The second kappa shape index (κ2) is 7.58. The highest BCUT2D eigenvalue weighted by atomic mass is 16.3. The van der Waals surface area contributed by atoms with Gasteiger partial charge in [-0.3, -0.25) is 9.59 Å². The van der Waals surface area contributed by atoms with Crippen molar-refractivity contribution in [1.82, 2.24) is 16.0 Å². The van der Waals surface area contributed by atoms with E-state index in [2.05, 4.69) is 16.0 Å². The molecule has 0 saturated heterocycles. The summed E-state index contributed by atoms with van der Waals surface area (Å²) in [5.74, 6) is -0.0381. The van der Waals surface area contributed by atoms with Gasteiger partial charge in [0.1, 0.15) is 5.58 Å². The van der Waals surface area contributed by atoms with E-state index in [-0.39, 0.29) is 17.7 Å². The molecule has 5 rings (SSSR count). The fraction of sp³-hybridized carbons (Fsp3) is 0.478. The molecule has 3 N–H and O–H groups in total. The van der Waals surface area contributed by atoms with Crippen LogP contribution in [0.2, 0.25) is 0 Å². The fourth-order valence-corrected chi connectivity index (χ4v) is 4.58. The van der Waals surface area contributed by atoms with Gasteiger partial charge in [0.05, 0.1) is 24.4 Å². The minimum absolute atomic E-state index is 0.0165. The van der Waals surface area contributed by atoms with Crippen molar-refractivity contribution in [2.45, 2.75) is 57.0 Å². The van der Waals surface area contributed by atoms with Gasteiger partial charge in [-0.2, -0.15) is 0 Å². The van der Waals surface area contributed by atoms with Gasteiger partial charge < -0.3 is 20.4 Å². The van der Waals surface area contributed by atoms with Crippen molar-refractivity contribution >= 4 is 22.8 Å². The van der Waals surface area contributed by atoms with Crippen LogP contribution in [0.25, 0.3) is 11.0 Å². The number of amides is 2. The van der Waals surface area contributed by atoms with Crippen molar-refractivity contribution in [3.8, 4) is 0 Å². The predicted molar refractivity (Wildman–Crippen MR) is 110 cm³/mol. The first-order valence-electron chi connectivity index (χ1n) is 10.7. The van der Waals surface area contributed by atoms with Crippen molar-refractivity contribution < 1.29 is 14.0 Å². The largest absolute Gasteiger partial charge is 0.464 e. The first-order valence-corrected chi connectivity index (χ1v) is 10.7. The number of nitrogens with one attached hydrogen (secondary N) is 3. The normalized spacial score (nSPS) is 21.3. The minimum atomic E-state index is -0.522. The van der Waals surface area contributed by atoms with Gasteiger partial charge in [-0.25, -0.2) is 0 Å². The summed E-state index contributed by atoms with van der Waals surface area (Å²) >= 11 is 0. The zero-order chi connectivity index (χ0) is 19.8. The fourth-order valence-electron chi connectivity index (χ4n) is 4.58. The molecule has 2 heterocycles. The van der Waals surface area contributed by atoms with Gasteiger partial charge in [0.2, 0.25) is 5.91 Å². The van der Waals surface area contributed by atoms with Crippen LogP contribution in [0.4, 0.5) is 0 Å². The van der Waals surface area contributed by atoms with Crippen LogP contribution in [0, 0.1) is 5.92 Å². The lowest BCUT2D eigenvalue weighted by molar-refractivity contribution is -0.123. The molecule has 1 aliphatic heterocycles. The lowest BCUT2D eigenvalue weighted by atomic mass is 9.93. The maximum absolute atomic E-state index is 12.9. The van der Waals surface area contributed by atoms with E-state index in [4.69, 9.17) is 4.42 Å². The van der Waals surface area contributed by atoms with Gasteiger partial charge in [-0.15, -0.1) is 0 Å². The first kappa shape index (κ1) is 18.3. The van der Waals surface area contributed by atoms with Gasteiger partial charge in [0.15, 0.2) is 0 Å². The second-order valence-corrected chi connectivity index (χ2v) is 8.46. The van der Waals surface area contributed by atoms with Gasteiger partial charge in [-0.05, 0) is 31.7 Å². The van der Waals surface area contributed by atoms with Crippen LogP contribution in [-0.4, -0.2) is 24.4 Å². The molecule has 2 amide bonds. The Morgan fingerprint density at radius 1 is 1.10 bits per heavy atom. The Hall–Kier alpha value is -2.76. The zero-order valence-electron chi connectivity index (χ0n) is 16.5. The summed E-state index contributed by atoms with van der Waals surface area (Å²) in [5, 5.41) is 10.7. The molecular formula is C23H27N3O3. The zero-order valence-corrected chi connectivity index (χ0v) is 16.5. The summed E-state index contributed by atoms with van der Waals surface area (Å²) in [6.07, 6.45) is 9.45. The number of para-hydroxylation sites is 1. The van der Waals surface area contributed by atoms with Crippen LogP contribution in [-0.2, 0) is 9.59 Å². The predicted octanol–water partition coefficient (Wildman–Crippen LogP) is 3.31. The maximum atomic E-state index is 12.9. The van der Waals surface area contributed by atoms with E-state index in [1.165, 1.54) is 19.3 Å². The van der Waals surface area contributed by atoms with E-state index in [1.54, 1.807) is 6.26 Å². The van der Waals surface area contributed by atoms with E-state index in [0.29, 0.717) is 18.2 Å². The lowest BCUT2D eigenvalue weighted by Gasteiger charge is -2.26. The summed E-state index contributed by atoms with van der Waals surface area (Å²) in [5.41, 5.74) is 3.08. The molecule has 1 aromatic heterocycles. The monoisotopic (exact) mass is 393 g/mol. The molecule has 2 fully saturated rings. The Balaban J connectivity index is 1.54. The van der Waals surface area contributed by atoms with Gasteiger partial charge in [-0.1, -0.05) is 37.5 Å². The third-order valence-corrected chi connectivity index (χ3v) is 6.32. The van der Waals surface area contributed by atoms with Crippen molar-refractivity contribution in [2.24, 2.45) is 5.92 Å². The molecule has 2 aliphatic carbocycles. The smallest absolute Gasteiger partial charge is 0.251 e. The molecule has 152 valence electrons. The number of hydrogen-bond acceptors (Lipinski definition) is 4. The van der Waals surface area contributed by atoms with Crippen molar-refractivity contribution in [1.29, 1.82) is 0 Å². The Morgan fingerprint density at radius 3 is 2.72 bits per heavy atom. The number of hydrogen-bond donors (Lipinski definition) is 3. The Bertz CT molecular complexity index is 967. The molecular weight excluding hydrogens is 366 g/mol. The molecule has 0 spiro atoms. The highest BCUT2D eigenvalue weighted by Crippen LogP contribution is 2.35. The number of rotatable bonds is 6.